The summed E-state index contributed by atoms with van der Waals surface area (Å²) in [5.41, 5.74) is 7.17. The number of hydrogen-bond donors (Lipinski definition) is 1. The number of nitrogens with zero attached hydrogens (tertiary/aromatic N) is 4. The molecule has 1 aliphatic heterocycles. The van der Waals surface area contributed by atoms with Crippen LogP contribution in [0.15, 0.2) is 36.7 Å². The molecular weight excluding hydrogens is 325 g/mol. The molecule has 1 aromatic heterocycles. The van der Waals surface area contributed by atoms with Crippen molar-refractivity contribution in [3.8, 4) is 5.69 Å². The molecule has 0 aliphatic carbocycles. The van der Waals surface area contributed by atoms with Crippen molar-refractivity contribution in [2.24, 2.45) is 5.73 Å². The highest BCUT2D eigenvalue weighted by atomic mass is 19.1. The average molecular weight is 345 g/mol. The number of benzene rings is 1. The first-order chi connectivity index (χ1) is 11.9. The van der Waals surface area contributed by atoms with Crippen LogP contribution in [0.1, 0.15) is 12.5 Å². The van der Waals surface area contributed by atoms with Crippen molar-refractivity contribution >= 4 is 11.8 Å². The number of rotatable bonds is 4. The molecule has 7 nitrogen and oxygen atoms in total. The van der Waals surface area contributed by atoms with Crippen molar-refractivity contribution in [2.45, 2.75) is 19.5 Å². The van der Waals surface area contributed by atoms with Crippen molar-refractivity contribution in [2.75, 3.05) is 19.6 Å². The second-order valence-electron chi connectivity index (χ2n) is 6.14. The Balaban J connectivity index is 1.68. The lowest BCUT2D eigenvalue weighted by Gasteiger charge is -2.39. The number of primary amides is 1. The highest BCUT2D eigenvalue weighted by Gasteiger charge is 2.32. The number of amides is 2. The zero-order valence-electron chi connectivity index (χ0n) is 13.9. The van der Waals surface area contributed by atoms with Crippen LogP contribution in [-0.2, 0) is 16.1 Å². The van der Waals surface area contributed by atoms with Gasteiger partial charge in [0.25, 0.3) is 0 Å². The highest BCUT2D eigenvalue weighted by molar-refractivity contribution is 5.86. The van der Waals surface area contributed by atoms with Crippen molar-refractivity contribution in [3.05, 3.63) is 48.0 Å². The van der Waals surface area contributed by atoms with E-state index in [-0.39, 0.29) is 11.7 Å². The third kappa shape index (κ3) is 3.85. The first-order valence-corrected chi connectivity index (χ1v) is 8.02. The Bertz CT molecular complexity index is 774. The molecule has 0 unspecified atom stereocenters. The monoisotopic (exact) mass is 345 g/mol. The smallest absolute Gasteiger partial charge is 0.241 e. The largest absolute Gasteiger partial charge is 0.368 e. The van der Waals surface area contributed by atoms with Gasteiger partial charge in [-0.1, -0.05) is 0 Å². The maximum atomic E-state index is 13.0. The Labute approximate surface area is 144 Å². The first kappa shape index (κ1) is 17.1. The van der Waals surface area contributed by atoms with Crippen molar-refractivity contribution in [1.82, 2.24) is 19.6 Å². The minimum absolute atomic E-state index is 0.146. The normalized spacial score (nSPS) is 18.3. The summed E-state index contributed by atoms with van der Waals surface area (Å²) in [5, 5.41) is 4.29. The molecule has 1 aromatic carbocycles. The molecule has 3 rings (SSSR count). The Morgan fingerprint density at radius 1 is 1.28 bits per heavy atom. The van der Waals surface area contributed by atoms with Crippen LogP contribution >= 0.6 is 0 Å². The average Bonchev–Trinajstić information content (AvgIpc) is 3.03. The summed E-state index contributed by atoms with van der Waals surface area (Å²) in [6.07, 6.45) is 3.60. The van der Waals surface area contributed by atoms with E-state index in [0.29, 0.717) is 26.2 Å². The summed E-state index contributed by atoms with van der Waals surface area (Å²) in [6.45, 7) is 3.56. The van der Waals surface area contributed by atoms with E-state index in [1.54, 1.807) is 23.0 Å². The van der Waals surface area contributed by atoms with Gasteiger partial charge in [0.1, 0.15) is 11.9 Å². The summed E-state index contributed by atoms with van der Waals surface area (Å²) < 4.78 is 14.7. The van der Waals surface area contributed by atoms with Gasteiger partial charge in [0.05, 0.1) is 11.9 Å². The zero-order chi connectivity index (χ0) is 18.0. The lowest BCUT2D eigenvalue weighted by atomic mass is 10.1. The minimum atomic E-state index is -0.613. The molecule has 132 valence electrons. The van der Waals surface area contributed by atoms with Gasteiger partial charge in [-0.2, -0.15) is 5.10 Å². The SMILES string of the molecule is CC(=O)N1CCN(Cc2cnn(-c3ccc(F)cc3)c2)C[C@@H]1C(N)=O. The molecule has 0 spiro atoms. The number of nitrogens with two attached hydrogens (primary N) is 1. The van der Waals surface area contributed by atoms with E-state index in [0.717, 1.165) is 11.3 Å². The number of carbonyl (C=O) groups is 2. The second-order valence-corrected chi connectivity index (χ2v) is 6.14. The van der Waals surface area contributed by atoms with E-state index < -0.39 is 11.9 Å². The van der Waals surface area contributed by atoms with Crippen molar-refractivity contribution in [3.63, 3.8) is 0 Å². The van der Waals surface area contributed by atoms with E-state index in [1.807, 2.05) is 6.20 Å². The fourth-order valence-electron chi connectivity index (χ4n) is 3.04. The van der Waals surface area contributed by atoms with Gasteiger partial charge < -0.3 is 10.6 Å². The quantitative estimate of drug-likeness (QED) is 0.876. The zero-order valence-corrected chi connectivity index (χ0v) is 13.9. The predicted molar refractivity (Wildman–Crippen MR) is 89.2 cm³/mol. The molecule has 1 atom stereocenters. The van der Waals surface area contributed by atoms with E-state index in [1.165, 1.54) is 24.0 Å². The van der Waals surface area contributed by atoms with Crippen LogP contribution < -0.4 is 5.73 Å². The van der Waals surface area contributed by atoms with Gasteiger partial charge in [0.15, 0.2) is 0 Å². The molecular formula is C17H20FN5O2. The lowest BCUT2D eigenvalue weighted by molar-refractivity contribution is -0.141. The minimum Gasteiger partial charge on any atom is -0.368 e. The lowest BCUT2D eigenvalue weighted by Crippen LogP contribution is -2.59. The van der Waals surface area contributed by atoms with Crippen molar-refractivity contribution < 1.29 is 14.0 Å². The molecule has 0 radical (unpaired) electrons. The van der Waals surface area contributed by atoms with Gasteiger partial charge >= 0.3 is 0 Å². The Hall–Kier alpha value is -2.74. The molecule has 2 heterocycles. The molecule has 1 fully saturated rings. The summed E-state index contributed by atoms with van der Waals surface area (Å²) in [7, 11) is 0. The summed E-state index contributed by atoms with van der Waals surface area (Å²) in [5.74, 6) is -0.938. The summed E-state index contributed by atoms with van der Waals surface area (Å²) in [4.78, 5) is 26.8. The molecule has 25 heavy (non-hydrogen) atoms. The topological polar surface area (TPSA) is 84.5 Å². The number of carbonyl (C=O) groups excluding carboxylic acids is 2. The van der Waals surface area contributed by atoms with Crippen LogP contribution in [0, 0.1) is 5.82 Å². The molecule has 0 bridgehead atoms. The van der Waals surface area contributed by atoms with Gasteiger partial charge in [0, 0.05) is 44.9 Å². The molecule has 2 N–H and O–H groups in total. The summed E-state index contributed by atoms with van der Waals surface area (Å²) >= 11 is 0. The third-order valence-corrected chi connectivity index (χ3v) is 4.33. The Morgan fingerprint density at radius 3 is 2.64 bits per heavy atom. The van der Waals surface area contributed by atoms with Gasteiger partial charge in [-0.3, -0.25) is 14.5 Å². The predicted octanol–water partition coefficient (Wildman–Crippen LogP) is 0.529. The molecule has 8 heteroatoms. The third-order valence-electron chi connectivity index (χ3n) is 4.33. The second kappa shape index (κ2) is 7.02. The van der Waals surface area contributed by atoms with Gasteiger partial charge in [0.2, 0.25) is 11.8 Å². The molecule has 2 amide bonds. The van der Waals surface area contributed by atoms with Crippen LogP contribution in [0.4, 0.5) is 4.39 Å². The van der Waals surface area contributed by atoms with Gasteiger partial charge in [-0.05, 0) is 24.3 Å². The van der Waals surface area contributed by atoms with Crippen LogP contribution in [0.5, 0.6) is 0 Å². The van der Waals surface area contributed by atoms with E-state index in [2.05, 4.69) is 10.00 Å². The summed E-state index contributed by atoms with van der Waals surface area (Å²) in [6, 6.07) is 5.46. The van der Waals surface area contributed by atoms with Crippen LogP contribution in [0.2, 0.25) is 0 Å². The molecule has 1 aliphatic rings. The number of halogens is 1. The maximum absolute atomic E-state index is 13.0. The van der Waals surface area contributed by atoms with E-state index in [9.17, 15) is 14.0 Å². The number of piperazine rings is 1. The first-order valence-electron chi connectivity index (χ1n) is 8.02. The van der Waals surface area contributed by atoms with E-state index in [4.69, 9.17) is 5.73 Å². The Kier molecular flexibility index (Phi) is 4.80. The highest BCUT2D eigenvalue weighted by Crippen LogP contribution is 2.15. The van der Waals surface area contributed by atoms with Gasteiger partial charge in [-0.15, -0.1) is 0 Å². The molecule has 1 saturated heterocycles. The fourth-order valence-corrected chi connectivity index (χ4v) is 3.04. The van der Waals surface area contributed by atoms with Crippen LogP contribution in [0.25, 0.3) is 5.69 Å². The molecule has 0 saturated carbocycles. The van der Waals surface area contributed by atoms with Crippen LogP contribution in [0.3, 0.4) is 0 Å². The van der Waals surface area contributed by atoms with Crippen LogP contribution in [-0.4, -0.2) is 57.1 Å². The fraction of sp³-hybridized carbons (Fsp3) is 0.353. The Morgan fingerprint density at radius 2 is 2.00 bits per heavy atom. The van der Waals surface area contributed by atoms with Gasteiger partial charge in [-0.25, -0.2) is 9.07 Å². The van der Waals surface area contributed by atoms with E-state index >= 15 is 0 Å². The number of hydrogen-bond acceptors (Lipinski definition) is 4. The maximum Gasteiger partial charge on any atom is 0.241 e. The van der Waals surface area contributed by atoms with Crippen molar-refractivity contribution in [1.29, 1.82) is 0 Å². The number of aromatic nitrogens is 2. The molecule has 2 aromatic rings. The standard InChI is InChI=1S/C17H20FN5O2/c1-12(24)22-7-6-21(11-16(22)17(19)25)9-13-8-20-23(10-13)15-4-2-14(18)3-5-15/h2-5,8,10,16H,6-7,9,11H2,1H3,(H2,19,25)/t16-/m1/s1.